The Bertz CT molecular complexity index is 3530. The highest BCUT2D eigenvalue weighted by molar-refractivity contribution is 7.25. The van der Waals surface area contributed by atoms with Crippen molar-refractivity contribution in [2.75, 3.05) is 4.90 Å². The molecule has 0 aliphatic heterocycles. The van der Waals surface area contributed by atoms with Gasteiger partial charge in [0.1, 0.15) is 0 Å². The number of anilines is 3. The van der Waals surface area contributed by atoms with Gasteiger partial charge in [0, 0.05) is 42.6 Å². The molecule has 1 aromatic heterocycles. The molecule has 10 aromatic carbocycles. The summed E-state index contributed by atoms with van der Waals surface area (Å²) >= 11 is 1.86. The fourth-order valence-electron chi connectivity index (χ4n) is 10.1. The number of fused-ring (bicyclic) bond motifs is 6. The van der Waals surface area contributed by atoms with Crippen LogP contribution in [0.25, 0.3) is 86.9 Å². The predicted octanol–water partition coefficient (Wildman–Crippen LogP) is 18.2. The minimum atomic E-state index is -0.169. The van der Waals surface area contributed by atoms with E-state index in [1.807, 2.05) is 11.3 Å². The lowest BCUT2D eigenvalue weighted by Crippen LogP contribution is -2.15. The molecule has 0 bridgehead atoms. The zero-order chi connectivity index (χ0) is 43.5. The lowest BCUT2D eigenvalue weighted by Gasteiger charge is -2.26. The third-order valence-corrected chi connectivity index (χ3v) is 14.6. The van der Waals surface area contributed by atoms with Gasteiger partial charge < -0.3 is 4.90 Å². The van der Waals surface area contributed by atoms with E-state index in [0.29, 0.717) is 0 Å². The summed E-state index contributed by atoms with van der Waals surface area (Å²) in [7, 11) is 0. The quantitative estimate of drug-likeness (QED) is 0.147. The molecule has 1 nitrogen and oxygen atoms in total. The van der Waals surface area contributed by atoms with Gasteiger partial charge in [-0.1, -0.05) is 178 Å². The maximum atomic E-state index is 2.44. The first-order valence-corrected chi connectivity index (χ1v) is 23.3. The molecule has 0 atom stereocenters. The molecule has 0 amide bonds. The zero-order valence-corrected chi connectivity index (χ0v) is 37.2. The van der Waals surface area contributed by atoms with Crippen LogP contribution in [0.5, 0.6) is 0 Å². The lowest BCUT2D eigenvalue weighted by atomic mass is 9.80. The van der Waals surface area contributed by atoms with Gasteiger partial charge in [0.15, 0.2) is 0 Å². The van der Waals surface area contributed by atoms with Gasteiger partial charge in [0.2, 0.25) is 0 Å². The van der Waals surface area contributed by atoms with Crippen LogP contribution < -0.4 is 4.90 Å². The molecule has 0 saturated carbocycles. The van der Waals surface area contributed by atoms with Crippen molar-refractivity contribution < 1.29 is 0 Å². The summed E-state index contributed by atoms with van der Waals surface area (Å²) in [6.45, 7) is 4.77. The van der Waals surface area contributed by atoms with Gasteiger partial charge in [-0.15, -0.1) is 11.3 Å². The minimum absolute atomic E-state index is 0.169. The monoisotopic (exact) mass is 847 g/mol. The van der Waals surface area contributed by atoms with E-state index in [9.17, 15) is 0 Å². The summed E-state index contributed by atoms with van der Waals surface area (Å²) < 4.78 is 2.65. The Morgan fingerprint density at radius 3 is 1.49 bits per heavy atom. The Balaban J connectivity index is 0.959. The number of hydrogen-bond acceptors (Lipinski definition) is 2. The van der Waals surface area contributed by atoms with E-state index in [1.165, 1.54) is 98.1 Å². The van der Waals surface area contributed by atoms with Crippen LogP contribution in [0.2, 0.25) is 0 Å². The smallest absolute Gasteiger partial charge is 0.0467 e. The molecule has 1 aliphatic carbocycles. The van der Waals surface area contributed by atoms with E-state index in [1.54, 1.807) is 0 Å². The van der Waals surface area contributed by atoms with E-state index < -0.39 is 0 Å². The van der Waals surface area contributed by atoms with E-state index >= 15 is 0 Å². The molecule has 12 rings (SSSR count). The molecule has 1 heterocycles. The molecule has 0 spiro atoms. The van der Waals surface area contributed by atoms with E-state index in [0.717, 1.165) is 17.1 Å². The van der Waals surface area contributed by atoms with Gasteiger partial charge in [0.25, 0.3) is 0 Å². The van der Waals surface area contributed by atoms with Crippen LogP contribution in [-0.2, 0) is 5.41 Å². The van der Waals surface area contributed by atoms with Crippen LogP contribution in [0, 0.1) is 0 Å². The molecule has 65 heavy (non-hydrogen) atoms. The summed E-state index contributed by atoms with van der Waals surface area (Å²) in [5.41, 5.74) is 20.7. The van der Waals surface area contributed by atoms with Gasteiger partial charge in [-0.05, 0) is 151 Å². The molecule has 0 N–H and O–H groups in total. The number of hydrogen-bond donors (Lipinski definition) is 0. The van der Waals surface area contributed by atoms with E-state index in [2.05, 4.69) is 255 Å². The van der Waals surface area contributed by atoms with Crippen molar-refractivity contribution in [3.05, 3.63) is 248 Å². The van der Waals surface area contributed by atoms with Crippen molar-refractivity contribution in [1.82, 2.24) is 0 Å². The largest absolute Gasteiger partial charge is 0.310 e. The first-order chi connectivity index (χ1) is 32.0. The Hall–Kier alpha value is -7.78. The third-order valence-electron chi connectivity index (χ3n) is 13.5. The Labute approximate surface area is 385 Å². The normalized spacial score (nSPS) is 12.6. The second-order valence-electron chi connectivity index (χ2n) is 17.7. The van der Waals surface area contributed by atoms with E-state index in [-0.39, 0.29) is 5.41 Å². The van der Waals surface area contributed by atoms with E-state index in [4.69, 9.17) is 0 Å². The standard InChI is InChI=1S/C63H45NS/c1-63(2)58-35-29-49(39-57(58)62-55(46-19-10-5-11-20-46)40-50(41-59(62)63)43-17-8-4-9-18-43)47-21-14-22-53(37-47)64(51-31-25-44(26-32-51)42-15-6-3-7-16-42)52-33-27-45(28-34-52)48-30-36-61-56(38-48)54-23-12-13-24-60(54)65-61/h3-41H,1-2H3. The van der Waals surface area contributed by atoms with Crippen molar-refractivity contribution in [3.8, 4) is 66.8 Å². The van der Waals surface area contributed by atoms with Crippen LogP contribution in [-0.4, -0.2) is 0 Å². The summed E-state index contributed by atoms with van der Waals surface area (Å²) in [5.74, 6) is 0. The fraction of sp³-hybridized carbons (Fsp3) is 0.0476. The van der Waals surface area contributed by atoms with Crippen molar-refractivity contribution >= 4 is 48.6 Å². The molecule has 1 aliphatic rings. The average molecular weight is 848 g/mol. The molecule has 0 unspecified atom stereocenters. The molecule has 0 saturated heterocycles. The number of nitrogens with zero attached hydrogens (tertiary/aromatic N) is 1. The van der Waals surface area contributed by atoms with Gasteiger partial charge in [-0.25, -0.2) is 0 Å². The van der Waals surface area contributed by atoms with Crippen molar-refractivity contribution in [2.45, 2.75) is 19.3 Å². The van der Waals surface area contributed by atoms with Gasteiger partial charge in [-0.3, -0.25) is 0 Å². The van der Waals surface area contributed by atoms with Crippen molar-refractivity contribution in [3.63, 3.8) is 0 Å². The highest BCUT2D eigenvalue weighted by Crippen LogP contribution is 2.54. The molecule has 2 heteroatoms. The summed E-state index contributed by atoms with van der Waals surface area (Å²) in [6.07, 6.45) is 0. The minimum Gasteiger partial charge on any atom is -0.310 e. The first kappa shape index (κ1) is 38.9. The Kier molecular flexibility index (Phi) is 9.44. The van der Waals surface area contributed by atoms with Crippen molar-refractivity contribution in [2.24, 2.45) is 0 Å². The zero-order valence-electron chi connectivity index (χ0n) is 36.4. The predicted molar refractivity (Wildman–Crippen MR) is 279 cm³/mol. The highest BCUT2D eigenvalue weighted by atomic mass is 32.1. The maximum Gasteiger partial charge on any atom is 0.0467 e. The molecule has 11 aromatic rings. The molecular weight excluding hydrogens is 803 g/mol. The number of thiophene rings is 1. The van der Waals surface area contributed by atoms with Crippen LogP contribution >= 0.6 is 11.3 Å². The van der Waals surface area contributed by atoms with Gasteiger partial charge in [0.05, 0.1) is 0 Å². The SMILES string of the molecule is CC1(C)c2ccc(-c3cccc(N(c4ccc(-c5ccccc5)cc4)c4ccc(-c5ccc6sc7ccccc7c6c5)cc4)c3)cc2-c2c(-c3ccccc3)cc(-c3ccccc3)cc21. The Morgan fingerprint density at radius 2 is 0.800 bits per heavy atom. The Morgan fingerprint density at radius 1 is 0.308 bits per heavy atom. The van der Waals surface area contributed by atoms with Gasteiger partial charge >= 0.3 is 0 Å². The van der Waals surface area contributed by atoms with Crippen LogP contribution in [0.3, 0.4) is 0 Å². The summed E-state index contributed by atoms with van der Waals surface area (Å²) in [6, 6.07) is 87.1. The summed E-state index contributed by atoms with van der Waals surface area (Å²) in [5, 5.41) is 2.64. The fourth-order valence-corrected chi connectivity index (χ4v) is 11.2. The molecule has 0 radical (unpaired) electrons. The first-order valence-electron chi connectivity index (χ1n) is 22.5. The highest BCUT2D eigenvalue weighted by Gasteiger charge is 2.38. The molecular formula is C63H45NS. The summed E-state index contributed by atoms with van der Waals surface area (Å²) in [4.78, 5) is 2.39. The second kappa shape index (κ2) is 15.8. The molecule has 308 valence electrons. The number of benzene rings is 10. The average Bonchev–Trinajstić information content (AvgIpc) is 3.86. The maximum absolute atomic E-state index is 2.44. The lowest BCUT2D eigenvalue weighted by molar-refractivity contribution is 0.661. The topological polar surface area (TPSA) is 3.24 Å². The van der Waals surface area contributed by atoms with Crippen LogP contribution in [0.15, 0.2) is 237 Å². The second-order valence-corrected chi connectivity index (χ2v) is 18.8. The number of rotatable bonds is 8. The van der Waals surface area contributed by atoms with Crippen LogP contribution in [0.4, 0.5) is 17.1 Å². The third kappa shape index (κ3) is 6.86. The van der Waals surface area contributed by atoms with Gasteiger partial charge in [-0.2, -0.15) is 0 Å². The van der Waals surface area contributed by atoms with Crippen molar-refractivity contribution in [1.29, 1.82) is 0 Å². The molecule has 0 fully saturated rings. The van der Waals surface area contributed by atoms with Crippen LogP contribution in [0.1, 0.15) is 25.0 Å².